The zero-order chi connectivity index (χ0) is 12.0. The van der Waals surface area contributed by atoms with E-state index in [1.165, 1.54) is 10.8 Å². The minimum absolute atomic E-state index is 0.171. The lowest BCUT2D eigenvalue weighted by molar-refractivity contribution is -0.138. The molecule has 0 aromatic heterocycles. The Morgan fingerprint density at radius 1 is 1.24 bits per heavy atom. The number of carboxylic acid groups (broad SMARTS) is 1. The van der Waals surface area contributed by atoms with Crippen molar-refractivity contribution in [2.24, 2.45) is 5.92 Å². The quantitative estimate of drug-likeness (QED) is 0.853. The Morgan fingerprint density at radius 2 is 1.94 bits per heavy atom. The maximum Gasteiger partial charge on any atom is 0.307 e. The van der Waals surface area contributed by atoms with Crippen LogP contribution in [0.5, 0.6) is 0 Å². The summed E-state index contributed by atoms with van der Waals surface area (Å²) in [7, 11) is 0. The molecule has 1 saturated carbocycles. The SMILES string of the molecule is CC1(c2ccc3ccccc3c2)CC1C(=O)O. The highest BCUT2D eigenvalue weighted by molar-refractivity contribution is 5.84. The smallest absolute Gasteiger partial charge is 0.307 e. The summed E-state index contributed by atoms with van der Waals surface area (Å²) in [5, 5.41) is 11.4. The molecule has 86 valence electrons. The van der Waals surface area contributed by atoms with E-state index in [1.807, 2.05) is 19.1 Å². The minimum atomic E-state index is -0.680. The highest BCUT2D eigenvalue weighted by atomic mass is 16.4. The lowest BCUT2D eigenvalue weighted by Gasteiger charge is -2.11. The highest BCUT2D eigenvalue weighted by Gasteiger charge is 2.55. The van der Waals surface area contributed by atoms with Gasteiger partial charge < -0.3 is 5.11 Å². The van der Waals surface area contributed by atoms with Gasteiger partial charge in [0.1, 0.15) is 0 Å². The van der Waals surface area contributed by atoms with Crippen molar-refractivity contribution in [3.63, 3.8) is 0 Å². The second-order valence-electron chi connectivity index (χ2n) is 5.07. The van der Waals surface area contributed by atoms with E-state index >= 15 is 0 Å². The number of carboxylic acids is 1. The van der Waals surface area contributed by atoms with Crippen LogP contribution in [0, 0.1) is 5.92 Å². The molecule has 0 bridgehead atoms. The van der Waals surface area contributed by atoms with E-state index in [2.05, 4.69) is 30.3 Å². The number of fused-ring (bicyclic) bond motifs is 1. The summed E-state index contributed by atoms with van der Waals surface area (Å²) in [5.41, 5.74) is 0.971. The second kappa shape index (κ2) is 3.33. The summed E-state index contributed by atoms with van der Waals surface area (Å²) >= 11 is 0. The van der Waals surface area contributed by atoms with Gasteiger partial charge in [-0.15, -0.1) is 0 Å². The number of hydrogen-bond donors (Lipinski definition) is 1. The maximum absolute atomic E-state index is 11.0. The van der Waals surface area contributed by atoms with Gasteiger partial charge in [-0.2, -0.15) is 0 Å². The summed E-state index contributed by atoms with van der Waals surface area (Å²) in [4.78, 5) is 11.0. The van der Waals surface area contributed by atoms with E-state index in [9.17, 15) is 4.79 Å². The minimum Gasteiger partial charge on any atom is -0.481 e. The number of carbonyl (C=O) groups is 1. The van der Waals surface area contributed by atoms with E-state index in [-0.39, 0.29) is 11.3 Å². The van der Waals surface area contributed by atoms with Crippen LogP contribution < -0.4 is 0 Å². The first-order chi connectivity index (χ1) is 8.11. The van der Waals surface area contributed by atoms with Crippen LogP contribution in [-0.2, 0) is 10.2 Å². The van der Waals surface area contributed by atoms with E-state index in [4.69, 9.17) is 5.11 Å². The van der Waals surface area contributed by atoms with Crippen LogP contribution in [-0.4, -0.2) is 11.1 Å². The first-order valence-electron chi connectivity index (χ1n) is 5.83. The Balaban J connectivity index is 2.05. The first-order valence-corrected chi connectivity index (χ1v) is 5.83. The molecule has 2 heteroatoms. The van der Waals surface area contributed by atoms with Gasteiger partial charge in [0.25, 0.3) is 0 Å². The van der Waals surface area contributed by atoms with Crippen molar-refractivity contribution in [2.75, 3.05) is 0 Å². The Kier molecular flexibility index (Phi) is 2.02. The molecule has 2 atom stereocenters. The van der Waals surface area contributed by atoms with Crippen LogP contribution in [0.3, 0.4) is 0 Å². The van der Waals surface area contributed by atoms with Crippen LogP contribution >= 0.6 is 0 Å². The number of aliphatic carboxylic acids is 1. The van der Waals surface area contributed by atoms with E-state index < -0.39 is 5.97 Å². The monoisotopic (exact) mass is 226 g/mol. The molecular formula is C15H14O2. The second-order valence-corrected chi connectivity index (χ2v) is 5.07. The van der Waals surface area contributed by atoms with Crippen LogP contribution in [0.4, 0.5) is 0 Å². The molecule has 0 aliphatic heterocycles. The Labute approximate surface area is 99.9 Å². The van der Waals surface area contributed by atoms with Crippen molar-refractivity contribution in [1.82, 2.24) is 0 Å². The summed E-state index contributed by atoms with van der Waals surface area (Å²) in [6.07, 6.45) is 0.751. The van der Waals surface area contributed by atoms with Crippen LogP contribution in [0.25, 0.3) is 10.8 Å². The fourth-order valence-corrected chi connectivity index (χ4v) is 2.59. The molecule has 1 aliphatic rings. The molecule has 0 radical (unpaired) electrons. The molecule has 2 aromatic carbocycles. The normalized spacial score (nSPS) is 27.0. The van der Waals surface area contributed by atoms with Crippen molar-refractivity contribution in [3.05, 3.63) is 48.0 Å². The van der Waals surface area contributed by atoms with Crippen LogP contribution in [0.1, 0.15) is 18.9 Å². The molecule has 0 spiro atoms. The summed E-state index contributed by atoms with van der Waals surface area (Å²) < 4.78 is 0. The van der Waals surface area contributed by atoms with Crippen LogP contribution in [0.15, 0.2) is 42.5 Å². The van der Waals surface area contributed by atoms with Gasteiger partial charge in [0.05, 0.1) is 5.92 Å². The molecule has 0 saturated heterocycles. The lowest BCUT2D eigenvalue weighted by atomic mass is 9.93. The van der Waals surface area contributed by atoms with Crippen molar-refractivity contribution >= 4 is 16.7 Å². The van der Waals surface area contributed by atoms with E-state index in [0.29, 0.717) is 0 Å². The molecule has 3 rings (SSSR count). The average Bonchev–Trinajstić information content (AvgIpc) is 3.03. The first kappa shape index (κ1) is 10.3. The largest absolute Gasteiger partial charge is 0.481 e. The number of rotatable bonds is 2. The predicted octanol–water partition coefficient (Wildman–Crippen LogP) is 3.20. The molecule has 2 nitrogen and oxygen atoms in total. The summed E-state index contributed by atoms with van der Waals surface area (Å²) in [6, 6.07) is 14.4. The van der Waals surface area contributed by atoms with Crippen molar-refractivity contribution < 1.29 is 9.90 Å². The van der Waals surface area contributed by atoms with Gasteiger partial charge in [-0.1, -0.05) is 49.4 Å². The van der Waals surface area contributed by atoms with Crippen LogP contribution in [0.2, 0.25) is 0 Å². The lowest BCUT2D eigenvalue weighted by Crippen LogP contribution is -2.10. The fourth-order valence-electron chi connectivity index (χ4n) is 2.59. The van der Waals surface area contributed by atoms with Crippen molar-refractivity contribution in [1.29, 1.82) is 0 Å². The molecule has 0 amide bonds. The van der Waals surface area contributed by atoms with Gasteiger partial charge in [0, 0.05) is 5.41 Å². The fraction of sp³-hybridized carbons (Fsp3) is 0.267. The molecule has 1 N–H and O–H groups in total. The van der Waals surface area contributed by atoms with Gasteiger partial charge in [0.15, 0.2) is 0 Å². The van der Waals surface area contributed by atoms with Crippen molar-refractivity contribution in [3.8, 4) is 0 Å². The van der Waals surface area contributed by atoms with Gasteiger partial charge in [-0.3, -0.25) is 4.79 Å². The molecule has 2 aromatic rings. The number of hydrogen-bond acceptors (Lipinski definition) is 1. The van der Waals surface area contributed by atoms with Gasteiger partial charge >= 0.3 is 5.97 Å². The van der Waals surface area contributed by atoms with Gasteiger partial charge in [-0.25, -0.2) is 0 Å². The average molecular weight is 226 g/mol. The standard InChI is InChI=1S/C15H14O2/c1-15(9-13(15)14(16)17)12-7-6-10-4-2-3-5-11(10)8-12/h2-8,13H,9H2,1H3,(H,16,17). The topological polar surface area (TPSA) is 37.3 Å². The molecule has 17 heavy (non-hydrogen) atoms. The number of benzene rings is 2. The maximum atomic E-state index is 11.0. The molecule has 1 fully saturated rings. The Bertz CT molecular complexity index is 603. The zero-order valence-electron chi connectivity index (χ0n) is 9.68. The molecule has 1 aliphatic carbocycles. The third-order valence-electron chi connectivity index (χ3n) is 3.94. The third kappa shape index (κ3) is 1.52. The Morgan fingerprint density at radius 3 is 2.59 bits per heavy atom. The van der Waals surface area contributed by atoms with Crippen molar-refractivity contribution in [2.45, 2.75) is 18.8 Å². The van der Waals surface area contributed by atoms with Gasteiger partial charge in [-0.05, 0) is 22.8 Å². The van der Waals surface area contributed by atoms with E-state index in [0.717, 1.165) is 12.0 Å². The Hall–Kier alpha value is -1.83. The van der Waals surface area contributed by atoms with E-state index in [1.54, 1.807) is 0 Å². The highest BCUT2D eigenvalue weighted by Crippen LogP contribution is 2.54. The predicted molar refractivity (Wildman–Crippen MR) is 67.0 cm³/mol. The zero-order valence-corrected chi connectivity index (χ0v) is 9.68. The summed E-state index contributed by atoms with van der Waals surface area (Å²) in [6.45, 7) is 2.04. The summed E-state index contributed by atoms with van der Waals surface area (Å²) in [5.74, 6) is -0.899. The molecular weight excluding hydrogens is 212 g/mol. The third-order valence-corrected chi connectivity index (χ3v) is 3.94. The molecule has 2 unspecified atom stereocenters. The molecule has 0 heterocycles. The van der Waals surface area contributed by atoms with Gasteiger partial charge in [0.2, 0.25) is 0 Å².